The molecule has 0 aliphatic carbocycles. The summed E-state index contributed by atoms with van der Waals surface area (Å²) in [5.41, 5.74) is 5.26. The van der Waals surface area contributed by atoms with E-state index in [0.717, 1.165) is 19.5 Å². The first-order valence-electron chi connectivity index (χ1n) is 4.62. The van der Waals surface area contributed by atoms with Crippen LogP contribution >= 0.6 is 0 Å². The van der Waals surface area contributed by atoms with Gasteiger partial charge in [-0.3, -0.25) is 4.79 Å². The number of rotatable bonds is 4. The van der Waals surface area contributed by atoms with E-state index in [1.165, 1.54) is 0 Å². The summed E-state index contributed by atoms with van der Waals surface area (Å²) in [6, 6.07) is -1.03. The Labute approximate surface area is 82.1 Å². The Bertz CT molecular complexity index is 228. The van der Waals surface area contributed by atoms with Gasteiger partial charge in [0.05, 0.1) is 0 Å². The van der Waals surface area contributed by atoms with Crippen LogP contribution in [0.1, 0.15) is 12.8 Å². The summed E-state index contributed by atoms with van der Waals surface area (Å²) in [7, 11) is 0. The molecule has 80 valence electrons. The second-order valence-electron chi connectivity index (χ2n) is 3.31. The fraction of sp³-hybridized carbons (Fsp3) is 0.750. The van der Waals surface area contributed by atoms with Crippen LogP contribution in [-0.2, 0) is 4.79 Å². The summed E-state index contributed by atoms with van der Waals surface area (Å²) < 4.78 is 0. The zero-order valence-electron chi connectivity index (χ0n) is 7.90. The van der Waals surface area contributed by atoms with Crippen molar-refractivity contribution in [1.82, 2.24) is 10.2 Å². The minimum atomic E-state index is -1.04. The number of likely N-dealkylation sites (tertiary alicyclic amines) is 1. The lowest BCUT2D eigenvalue weighted by molar-refractivity contribution is -0.138. The molecule has 0 aromatic heterocycles. The number of amides is 2. The average molecular weight is 201 g/mol. The lowest BCUT2D eigenvalue weighted by Crippen LogP contribution is -2.48. The van der Waals surface area contributed by atoms with Gasteiger partial charge in [-0.05, 0) is 12.8 Å². The zero-order valence-corrected chi connectivity index (χ0v) is 7.90. The topological polar surface area (TPSA) is 95.7 Å². The monoisotopic (exact) mass is 201 g/mol. The lowest BCUT2D eigenvalue weighted by Gasteiger charge is -2.30. The van der Waals surface area contributed by atoms with Gasteiger partial charge in [0, 0.05) is 19.6 Å². The van der Waals surface area contributed by atoms with E-state index in [4.69, 9.17) is 10.8 Å². The first-order valence-corrected chi connectivity index (χ1v) is 4.62. The summed E-state index contributed by atoms with van der Waals surface area (Å²) in [6.07, 6.45) is 1.30. The van der Waals surface area contributed by atoms with Crippen LogP contribution in [0.5, 0.6) is 0 Å². The Morgan fingerprint density at radius 2 is 2.14 bits per heavy atom. The number of carboxylic acids is 1. The predicted molar refractivity (Wildman–Crippen MR) is 49.8 cm³/mol. The van der Waals surface area contributed by atoms with Crippen molar-refractivity contribution in [2.75, 3.05) is 19.6 Å². The van der Waals surface area contributed by atoms with Crippen LogP contribution in [0.15, 0.2) is 0 Å². The Kier molecular flexibility index (Phi) is 3.70. The summed E-state index contributed by atoms with van der Waals surface area (Å²) in [5, 5.41) is 11.1. The number of nitrogens with two attached hydrogens (primary N) is 1. The van der Waals surface area contributed by atoms with Crippen molar-refractivity contribution in [1.29, 1.82) is 0 Å². The lowest BCUT2D eigenvalue weighted by atomic mass is 10.2. The molecule has 0 radical (unpaired) electrons. The Hall–Kier alpha value is -1.30. The number of carbonyl (C=O) groups is 2. The summed E-state index contributed by atoms with van der Waals surface area (Å²) >= 11 is 0. The van der Waals surface area contributed by atoms with Crippen molar-refractivity contribution in [3.05, 3.63) is 0 Å². The van der Waals surface area contributed by atoms with E-state index >= 15 is 0 Å². The molecule has 2 amide bonds. The first-order chi connectivity index (χ1) is 6.61. The molecule has 0 spiro atoms. The quantitative estimate of drug-likeness (QED) is 0.555. The summed E-state index contributed by atoms with van der Waals surface area (Å²) in [5.74, 6) is -1.04. The molecule has 1 saturated heterocycles. The fourth-order valence-electron chi connectivity index (χ4n) is 1.09. The molecule has 1 rings (SSSR count). The third-order valence-corrected chi connectivity index (χ3v) is 2.19. The van der Waals surface area contributed by atoms with E-state index in [1.807, 2.05) is 0 Å². The van der Waals surface area contributed by atoms with Gasteiger partial charge >= 0.3 is 12.0 Å². The number of hydrogen-bond acceptors (Lipinski definition) is 3. The highest BCUT2D eigenvalue weighted by molar-refractivity contribution is 5.75. The molecule has 0 aromatic rings. The SMILES string of the molecule is N[C@@H](CCNC(=O)N1CCC1)C(=O)O. The highest BCUT2D eigenvalue weighted by Crippen LogP contribution is 2.04. The first kappa shape index (κ1) is 10.8. The van der Waals surface area contributed by atoms with Crippen LogP contribution in [0, 0.1) is 0 Å². The van der Waals surface area contributed by atoms with Crippen LogP contribution in [0.3, 0.4) is 0 Å². The molecule has 6 heteroatoms. The molecular formula is C8H15N3O3. The number of urea groups is 1. The summed E-state index contributed by atoms with van der Waals surface area (Å²) in [4.78, 5) is 23.2. The van der Waals surface area contributed by atoms with Crippen LogP contribution in [0.25, 0.3) is 0 Å². The van der Waals surface area contributed by atoms with Gasteiger partial charge in [-0.1, -0.05) is 0 Å². The van der Waals surface area contributed by atoms with Crippen molar-refractivity contribution < 1.29 is 14.7 Å². The predicted octanol–water partition coefficient (Wildman–Crippen LogP) is -0.796. The molecule has 1 atom stereocenters. The average Bonchev–Trinajstić information content (AvgIpc) is 2.00. The second kappa shape index (κ2) is 4.80. The van der Waals surface area contributed by atoms with Gasteiger partial charge in [-0.2, -0.15) is 0 Å². The molecule has 0 bridgehead atoms. The molecule has 1 aliphatic rings. The molecule has 0 saturated carbocycles. The zero-order chi connectivity index (χ0) is 10.6. The number of carbonyl (C=O) groups excluding carboxylic acids is 1. The van der Waals surface area contributed by atoms with Crippen molar-refractivity contribution in [3.8, 4) is 0 Å². The van der Waals surface area contributed by atoms with Gasteiger partial charge < -0.3 is 21.1 Å². The maximum absolute atomic E-state index is 11.2. The van der Waals surface area contributed by atoms with Crippen LogP contribution in [0.4, 0.5) is 4.79 Å². The number of carboxylic acid groups (broad SMARTS) is 1. The normalized spacial score (nSPS) is 17.1. The highest BCUT2D eigenvalue weighted by atomic mass is 16.4. The van der Waals surface area contributed by atoms with Crippen LogP contribution < -0.4 is 11.1 Å². The fourth-order valence-corrected chi connectivity index (χ4v) is 1.09. The largest absolute Gasteiger partial charge is 0.480 e. The molecular weight excluding hydrogens is 186 g/mol. The van der Waals surface area contributed by atoms with E-state index in [9.17, 15) is 9.59 Å². The summed E-state index contributed by atoms with van der Waals surface area (Å²) in [6.45, 7) is 1.89. The minimum Gasteiger partial charge on any atom is -0.480 e. The molecule has 1 aliphatic heterocycles. The number of hydrogen-bond donors (Lipinski definition) is 3. The van der Waals surface area contributed by atoms with Crippen molar-refractivity contribution in [2.24, 2.45) is 5.73 Å². The van der Waals surface area contributed by atoms with Gasteiger partial charge in [0.25, 0.3) is 0 Å². The number of nitrogens with zero attached hydrogens (tertiary/aromatic N) is 1. The standard InChI is InChI=1S/C8H15N3O3/c9-6(7(12)13)2-3-10-8(14)11-4-1-5-11/h6H,1-5,9H2,(H,10,14)(H,12,13)/t6-/m0/s1. The van der Waals surface area contributed by atoms with Gasteiger partial charge in [-0.25, -0.2) is 4.79 Å². The Morgan fingerprint density at radius 3 is 2.57 bits per heavy atom. The molecule has 6 nitrogen and oxygen atoms in total. The van der Waals surface area contributed by atoms with Crippen molar-refractivity contribution >= 4 is 12.0 Å². The van der Waals surface area contributed by atoms with Gasteiger partial charge in [0.2, 0.25) is 0 Å². The molecule has 1 fully saturated rings. The van der Waals surface area contributed by atoms with Gasteiger partial charge in [0.1, 0.15) is 6.04 Å². The van der Waals surface area contributed by atoms with Gasteiger partial charge in [0.15, 0.2) is 0 Å². The highest BCUT2D eigenvalue weighted by Gasteiger charge is 2.19. The molecule has 0 aromatic carbocycles. The second-order valence-corrected chi connectivity index (χ2v) is 3.31. The molecule has 1 heterocycles. The molecule has 4 N–H and O–H groups in total. The molecule has 0 unspecified atom stereocenters. The van der Waals surface area contributed by atoms with E-state index in [0.29, 0.717) is 6.54 Å². The Balaban J connectivity index is 2.08. The number of nitrogens with one attached hydrogen (secondary N) is 1. The maximum atomic E-state index is 11.2. The van der Waals surface area contributed by atoms with Gasteiger partial charge in [-0.15, -0.1) is 0 Å². The van der Waals surface area contributed by atoms with E-state index in [-0.39, 0.29) is 12.5 Å². The van der Waals surface area contributed by atoms with E-state index < -0.39 is 12.0 Å². The number of aliphatic carboxylic acids is 1. The third-order valence-electron chi connectivity index (χ3n) is 2.19. The van der Waals surface area contributed by atoms with E-state index in [1.54, 1.807) is 4.90 Å². The van der Waals surface area contributed by atoms with Crippen molar-refractivity contribution in [3.63, 3.8) is 0 Å². The van der Waals surface area contributed by atoms with Crippen molar-refractivity contribution in [2.45, 2.75) is 18.9 Å². The van der Waals surface area contributed by atoms with E-state index in [2.05, 4.69) is 5.32 Å². The van der Waals surface area contributed by atoms with Crippen LogP contribution in [-0.4, -0.2) is 47.7 Å². The van der Waals surface area contributed by atoms with Crippen LogP contribution in [0.2, 0.25) is 0 Å². The smallest absolute Gasteiger partial charge is 0.320 e. The Morgan fingerprint density at radius 1 is 1.50 bits per heavy atom. The maximum Gasteiger partial charge on any atom is 0.320 e. The minimum absolute atomic E-state index is 0.131. The molecule has 14 heavy (non-hydrogen) atoms. The third kappa shape index (κ3) is 2.88.